The first kappa shape index (κ1) is 15.8. The predicted molar refractivity (Wildman–Crippen MR) is 95.6 cm³/mol. The molecular formula is C19H23N3OS. The quantitative estimate of drug-likeness (QED) is 0.856. The van der Waals surface area contributed by atoms with Gasteiger partial charge in [-0.15, -0.1) is 11.3 Å². The summed E-state index contributed by atoms with van der Waals surface area (Å²) in [6, 6.07) is 10.4. The summed E-state index contributed by atoms with van der Waals surface area (Å²) < 4.78 is 0. The van der Waals surface area contributed by atoms with E-state index in [1.165, 1.54) is 10.6 Å². The van der Waals surface area contributed by atoms with Crippen molar-refractivity contribution in [1.82, 2.24) is 14.8 Å². The molecule has 4 nitrogen and oxygen atoms in total. The van der Waals surface area contributed by atoms with Crippen molar-refractivity contribution in [2.45, 2.75) is 44.3 Å². The summed E-state index contributed by atoms with van der Waals surface area (Å²) in [5, 5.41) is 3.23. The van der Waals surface area contributed by atoms with E-state index < -0.39 is 0 Å². The highest BCUT2D eigenvalue weighted by molar-refractivity contribution is 7.09. The lowest BCUT2D eigenvalue weighted by Crippen LogP contribution is -2.52. The van der Waals surface area contributed by atoms with Gasteiger partial charge in [0.1, 0.15) is 5.01 Å². The third-order valence-electron chi connectivity index (χ3n) is 5.49. The lowest BCUT2D eigenvalue weighted by Gasteiger charge is -2.45. The molecular weight excluding hydrogens is 318 g/mol. The second kappa shape index (κ2) is 6.65. The molecule has 3 heterocycles. The van der Waals surface area contributed by atoms with Gasteiger partial charge in [-0.1, -0.05) is 30.3 Å². The summed E-state index contributed by atoms with van der Waals surface area (Å²) in [4.78, 5) is 21.5. The lowest BCUT2D eigenvalue weighted by molar-refractivity contribution is -0.133. The van der Waals surface area contributed by atoms with Gasteiger partial charge in [0.2, 0.25) is 5.91 Å². The highest BCUT2D eigenvalue weighted by atomic mass is 32.1. The number of rotatable bonds is 4. The van der Waals surface area contributed by atoms with E-state index in [0.717, 1.165) is 45.4 Å². The molecule has 0 aliphatic carbocycles. The maximum Gasteiger partial charge on any atom is 0.223 e. The van der Waals surface area contributed by atoms with Gasteiger partial charge in [-0.3, -0.25) is 9.69 Å². The normalized spacial score (nSPS) is 20.8. The fourth-order valence-electron chi connectivity index (χ4n) is 4.07. The minimum absolute atomic E-state index is 0.0757. The Labute approximate surface area is 147 Å². The van der Waals surface area contributed by atoms with Crippen LogP contribution in [0.25, 0.3) is 0 Å². The zero-order valence-electron chi connectivity index (χ0n) is 13.9. The molecule has 0 saturated carbocycles. The van der Waals surface area contributed by atoms with Crippen molar-refractivity contribution in [3.8, 4) is 0 Å². The number of hydrogen-bond acceptors (Lipinski definition) is 4. The number of aromatic nitrogens is 1. The van der Waals surface area contributed by atoms with Gasteiger partial charge < -0.3 is 4.90 Å². The minimum atomic E-state index is 0.0757. The second-order valence-electron chi connectivity index (χ2n) is 6.89. The van der Waals surface area contributed by atoms with Gasteiger partial charge in [0.25, 0.3) is 0 Å². The van der Waals surface area contributed by atoms with Crippen LogP contribution in [0, 0.1) is 0 Å². The summed E-state index contributed by atoms with van der Waals surface area (Å²) in [7, 11) is 0. The number of likely N-dealkylation sites (tertiary alicyclic amines) is 2. The van der Waals surface area contributed by atoms with Crippen LogP contribution in [-0.4, -0.2) is 39.3 Å². The highest BCUT2D eigenvalue weighted by Gasteiger charge is 2.46. The van der Waals surface area contributed by atoms with E-state index in [9.17, 15) is 4.79 Å². The molecule has 2 fully saturated rings. The van der Waals surface area contributed by atoms with E-state index in [1.54, 1.807) is 11.3 Å². The van der Waals surface area contributed by atoms with Crippen molar-refractivity contribution < 1.29 is 4.79 Å². The highest BCUT2D eigenvalue weighted by Crippen LogP contribution is 2.40. The molecule has 1 spiro atoms. The van der Waals surface area contributed by atoms with Crippen LogP contribution >= 0.6 is 11.3 Å². The molecule has 0 atom stereocenters. The molecule has 2 aliphatic heterocycles. The molecule has 2 aliphatic rings. The number of hydrogen-bond donors (Lipinski definition) is 0. The van der Waals surface area contributed by atoms with Gasteiger partial charge in [-0.25, -0.2) is 4.98 Å². The van der Waals surface area contributed by atoms with E-state index in [4.69, 9.17) is 0 Å². The fraction of sp³-hybridized carbons (Fsp3) is 0.474. The molecule has 0 unspecified atom stereocenters. The van der Waals surface area contributed by atoms with Gasteiger partial charge in [-0.05, 0) is 24.8 Å². The average molecular weight is 341 g/mol. The number of benzene rings is 1. The molecule has 5 heteroatoms. The maximum atomic E-state index is 12.5. The number of thiazole rings is 1. The Morgan fingerprint density at radius 1 is 1.08 bits per heavy atom. The van der Waals surface area contributed by atoms with Crippen LogP contribution in [0.1, 0.15) is 36.3 Å². The number of amides is 1. The van der Waals surface area contributed by atoms with Crippen LogP contribution in [0.3, 0.4) is 0 Å². The maximum absolute atomic E-state index is 12.5. The Hall–Kier alpha value is -1.72. The van der Waals surface area contributed by atoms with Gasteiger partial charge in [0.05, 0.1) is 6.54 Å². The first-order valence-corrected chi connectivity index (χ1v) is 9.58. The van der Waals surface area contributed by atoms with Crippen molar-refractivity contribution in [2.75, 3.05) is 13.1 Å². The SMILES string of the molecule is O=C1CCC2(CCN(Cc3nccs3)CC2)N1Cc1ccccc1. The van der Waals surface area contributed by atoms with E-state index in [-0.39, 0.29) is 5.54 Å². The molecule has 2 saturated heterocycles. The molecule has 126 valence electrons. The topological polar surface area (TPSA) is 36.4 Å². The molecule has 1 amide bonds. The number of carbonyl (C=O) groups is 1. The molecule has 0 bridgehead atoms. The molecule has 4 rings (SSSR count). The first-order chi connectivity index (χ1) is 11.8. The Bertz CT molecular complexity index is 678. The van der Waals surface area contributed by atoms with Gasteiger partial charge in [0.15, 0.2) is 0 Å². The molecule has 0 N–H and O–H groups in total. The van der Waals surface area contributed by atoms with Gasteiger partial charge in [0, 0.05) is 43.2 Å². The van der Waals surface area contributed by atoms with Crippen molar-refractivity contribution in [3.63, 3.8) is 0 Å². The van der Waals surface area contributed by atoms with E-state index in [1.807, 2.05) is 17.6 Å². The Morgan fingerprint density at radius 2 is 1.88 bits per heavy atom. The summed E-state index contributed by atoms with van der Waals surface area (Å²) in [5.41, 5.74) is 1.31. The van der Waals surface area contributed by atoms with Crippen LogP contribution in [0.4, 0.5) is 0 Å². The van der Waals surface area contributed by atoms with Crippen molar-refractivity contribution in [3.05, 3.63) is 52.5 Å². The summed E-state index contributed by atoms with van der Waals surface area (Å²) in [5.74, 6) is 0.326. The van der Waals surface area contributed by atoms with Gasteiger partial charge >= 0.3 is 0 Å². The van der Waals surface area contributed by atoms with Crippen LogP contribution in [0.2, 0.25) is 0 Å². The van der Waals surface area contributed by atoms with E-state index in [2.05, 4.69) is 39.0 Å². The predicted octanol–water partition coefficient (Wildman–Crippen LogP) is 3.30. The third kappa shape index (κ3) is 3.10. The first-order valence-electron chi connectivity index (χ1n) is 8.70. The monoisotopic (exact) mass is 341 g/mol. The fourth-order valence-corrected chi connectivity index (χ4v) is 4.72. The van der Waals surface area contributed by atoms with E-state index >= 15 is 0 Å². The molecule has 1 aromatic carbocycles. The van der Waals surface area contributed by atoms with Crippen molar-refractivity contribution in [1.29, 1.82) is 0 Å². The summed E-state index contributed by atoms with van der Waals surface area (Å²) in [6.07, 6.45) is 5.76. The Balaban J connectivity index is 1.43. The van der Waals surface area contributed by atoms with Crippen LogP contribution in [0.15, 0.2) is 41.9 Å². The standard InChI is InChI=1S/C19H23N3OS/c23-18-6-7-19(22(18)14-16-4-2-1-3-5-16)8-11-21(12-9-19)15-17-20-10-13-24-17/h1-5,10,13H,6-9,11-12,14-15H2. The number of piperidine rings is 1. The van der Waals surface area contributed by atoms with Crippen LogP contribution in [-0.2, 0) is 17.9 Å². The molecule has 2 aromatic rings. The number of carbonyl (C=O) groups excluding carboxylic acids is 1. The minimum Gasteiger partial charge on any atom is -0.333 e. The summed E-state index contributed by atoms with van der Waals surface area (Å²) in [6.45, 7) is 3.81. The van der Waals surface area contributed by atoms with Crippen molar-refractivity contribution in [2.24, 2.45) is 0 Å². The largest absolute Gasteiger partial charge is 0.333 e. The number of nitrogens with zero attached hydrogens (tertiary/aromatic N) is 3. The second-order valence-corrected chi connectivity index (χ2v) is 7.87. The molecule has 24 heavy (non-hydrogen) atoms. The zero-order chi connectivity index (χ0) is 16.4. The van der Waals surface area contributed by atoms with E-state index in [0.29, 0.717) is 12.3 Å². The summed E-state index contributed by atoms with van der Waals surface area (Å²) >= 11 is 1.73. The lowest BCUT2D eigenvalue weighted by atomic mass is 9.84. The Kier molecular flexibility index (Phi) is 4.37. The van der Waals surface area contributed by atoms with Crippen molar-refractivity contribution >= 4 is 17.2 Å². The Morgan fingerprint density at radius 3 is 2.58 bits per heavy atom. The third-order valence-corrected chi connectivity index (χ3v) is 6.25. The molecule has 0 radical (unpaired) electrons. The zero-order valence-corrected chi connectivity index (χ0v) is 14.7. The van der Waals surface area contributed by atoms with Gasteiger partial charge in [-0.2, -0.15) is 0 Å². The molecule has 1 aromatic heterocycles. The average Bonchev–Trinajstić information content (AvgIpc) is 3.22. The van der Waals surface area contributed by atoms with Crippen LogP contribution in [0.5, 0.6) is 0 Å². The van der Waals surface area contributed by atoms with Crippen LogP contribution < -0.4 is 0 Å². The smallest absolute Gasteiger partial charge is 0.223 e.